The van der Waals surface area contributed by atoms with Crippen LogP contribution in [0.15, 0.2) is 16.7 Å². The molecule has 1 unspecified atom stereocenters. The normalized spacial score (nSPS) is 28.8. The molecule has 2 aliphatic rings. The van der Waals surface area contributed by atoms with E-state index >= 15 is 0 Å². The average molecular weight is 177 g/mol. The first kappa shape index (κ1) is 7.63. The van der Waals surface area contributed by atoms with Crippen molar-refractivity contribution in [3.8, 4) is 0 Å². The molecule has 1 fully saturated rings. The lowest BCUT2D eigenvalue weighted by atomic mass is 9.76. The number of nitrogens with two attached hydrogens (primary N) is 1. The Labute approximate surface area is 78.1 Å². The SMILES string of the molecule is NCC1c2occc2CCC12CC2. The molecule has 13 heavy (non-hydrogen) atoms. The number of hydrogen-bond acceptors (Lipinski definition) is 2. The van der Waals surface area contributed by atoms with E-state index in [4.69, 9.17) is 10.2 Å². The maximum Gasteiger partial charge on any atom is 0.111 e. The summed E-state index contributed by atoms with van der Waals surface area (Å²) < 4.78 is 5.56. The first-order valence-electron chi connectivity index (χ1n) is 5.12. The van der Waals surface area contributed by atoms with Gasteiger partial charge in [0.25, 0.3) is 0 Å². The number of furan rings is 1. The first-order valence-corrected chi connectivity index (χ1v) is 5.12. The highest BCUT2D eigenvalue weighted by Crippen LogP contribution is 2.61. The van der Waals surface area contributed by atoms with Crippen LogP contribution in [-0.2, 0) is 6.42 Å². The Morgan fingerprint density at radius 1 is 1.46 bits per heavy atom. The second kappa shape index (κ2) is 2.38. The Balaban J connectivity index is 2.04. The zero-order valence-corrected chi connectivity index (χ0v) is 7.75. The van der Waals surface area contributed by atoms with Crippen molar-refractivity contribution in [1.82, 2.24) is 0 Å². The van der Waals surface area contributed by atoms with Gasteiger partial charge in [-0.25, -0.2) is 0 Å². The molecular formula is C11H15NO. The summed E-state index contributed by atoms with van der Waals surface area (Å²) in [4.78, 5) is 0. The van der Waals surface area contributed by atoms with Gasteiger partial charge in [-0.2, -0.15) is 0 Å². The van der Waals surface area contributed by atoms with Crippen LogP contribution in [0.3, 0.4) is 0 Å². The Morgan fingerprint density at radius 2 is 2.31 bits per heavy atom. The van der Waals surface area contributed by atoms with Crippen LogP contribution < -0.4 is 5.73 Å². The maximum atomic E-state index is 5.83. The molecule has 1 spiro atoms. The summed E-state index contributed by atoms with van der Waals surface area (Å²) in [5, 5.41) is 0. The van der Waals surface area contributed by atoms with Crippen molar-refractivity contribution in [2.75, 3.05) is 6.54 Å². The molecular weight excluding hydrogens is 162 g/mol. The highest BCUT2D eigenvalue weighted by molar-refractivity contribution is 5.30. The smallest absolute Gasteiger partial charge is 0.111 e. The van der Waals surface area contributed by atoms with Gasteiger partial charge in [-0.1, -0.05) is 0 Å². The molecule has 1 aromatic heterocycles. The van der Waals surface area contributed by atoms with Gasteiger partial charge in [0.05, 0.1) is 6.26 Å². The van der Waals surface area contributed by atoms with Crippen LogP contribution in [0.1, 0.15) is 36.5 Å². The molecule has 0 aromatic carbocycles. The van der Waals surface area contributed by atoms with Gasteiger partial charge in [-0.3, -0.25) is 0 Å². The summed E-state index contributed by atoms with van der Waals surface area (Å²) in [7, 11) is 0. The minimum absolute atomic E-state index is 0.506. The van der Waals surface area contributed by atoms with Crippen LogP contribution in [0.25, 0.3) is 0 Å². The molecule has 1 saturated carbocycles. The van der Waals surface area contributed by atoms with Crippen molar-refractivity contribution in [3.05, 3.63) is 23.7 Å². The summed E-state index contributed by atoms with van der Waals surface area (Å²) in [5.41, 5.74) is 7.77. The molecule has 2 aliphatic carbocycles. The Kier molecular flexibility index (Phi) is 1.40. The molecule has 3 rings (SSSR count). The van der Waals surface area contributed by atoms with Crippen LogP contribution in [0.4, 0.5) is 0 Å². The predicted octanol–water partition coefficient (Wildman–Crippen LogP) is 2.05. The molecule has 0 bridgehead atoms. The zero-order valence-electron chi connectivity index (χ0n) is 7.75. The summed E-state index contributed by atoms with van der Waals surface area (Å²) >= 11 is 0. The molecule has 0 saturated heterocycles. The molecule has 0 amide bonds. The number of fused-ring (bicyclic) bond motifs is 1. The molecule has 2 heteroatoms. The highest BCUT2D eigenvalue weighted by Gasteiger charge is 2.52. The van der Waals surface area contributed by atoms with E-state index in [1.165, 1.54) is 37.0 Å². The fourth-order valence-electron chi connectivity index (χ4n) is 2.81. The van der Waals surface area contributed by atoms with E-state index in [9.17, 15) is 0 Å². The van der Waals surface area contributed by atoms with E-state index in [1.807, 2.05) is 6.26 Å². The Morgan fingerprint density at radius 3 is 3.00 bits per heavy atom. The number of rotatable bonds is 1. The monoisotopic (exact) mass is 177 g/mol. The Hall–Kier alpha value is -0.760. The summed E-state index contributed by atoms with van der Waals surface area (Å²) in [5.74, 6) is 1.69. The molecule has 70 valence electrons. The molecule has 2 N–H and O–H groups in total. The molecule has 0 aliphatic heterocycles. The second-order valence-electron chi connectivity index (χ2n) is 4.46. The minimum Gasteiger partial charge on any atom is -0.469 e. The fourth-order valence-corrected chi connectivity index (χ4v) is 2.81. The van der Waals surface area contributed by atoms with Crippen molar-refractivity contribution < 1.29 is 4.42 Å². The van der Waals surface area contributed by atoms with Crippen LogP contribution in [0.5, 0.6) is 0 Å². The largest absolute Gasteiger partial charge is 0.469 e. The van der Waals surface area contributed by atoms with Crippen molar-refractivity contribution in [1.29, 1.82) is 0 Å². The van der Waals surface area contributed by atoms with Gasteiger partial charge in [0.2, 0.25) is 0 Å². The van der Waals surface area contributed by atoms with Gasteiger partial charge in [-0.15, -0.1) is 0 Å². The maximum absolute atomic E-state index is 5.83. The van der Waals surface area contributed by atoms with Crippen LogP contribution in [-0.4, -0.2) is 6.54 Å². The molecule has 1 atom stereocenters. The third kappa shape index (κ3) is 0.923. The lowest BCUT2D eigenvalue weighted by molar-refractivity contribution is 0.300. The van der Waals surface area contributed by atoms with Crippen LogP contribution in [0, 0.1) is 5.41 Å². The first-order chi connectivity index (χ1) is 6.36. The molecule has 2 nitrogen and oxygen atoms in total. The Bertz CT molecular complexity index is 325. The third-order valence-electron chi connectivity index (χ3n) is 3.86. The second-order valence-corrected chi connectivity index (χ2v) is 4.46. The van der Waals surface area contributed by atoms with E-state index in [-0.39, 0.29) is 0 Å². The van der Waals surface area contributed by atoms with E-state index in [0.29, 0.717) is 11.3 Å². The lowest BCUT2D eigenvalue weighted by Gasteiger charge is -2.29. The van der Waals surface area contributed by atoms with Gasteiger partial charge in [0.1, 0.15) is 5.76 Å². The predicted molar refractivity (Wildman–Crippen MR) is 50.5 cm³/mol. The van der Waals surface area contributed by atoms with Gasteiger partial charge in [-0.05, 0) is 42.7 Å². The topological polar surface area (TPSA) is 39.2 Å². The standard InChI is InChI=1S/C11H15NO/c12-7-9-10-8(2-6-13-10)1-3-11(9)4-5-11/h2,6,9H,1,3-5,7,12H2. The van der Waals surface area contributed by atoms with Gasteiger partial charge in [0, 0.05) is 12.5 Å². The number of aryl methyl sites for hydroxylation is 1. The minimum atomic E-state index is 0.506. The van der Waals surface area contributed by atoms with Crippen molar-refractivity contribution >= 4 is 0 Å². The summed E-state index contributed by atoms with van der Waals surface area (Å²) in [6.07, 6.45) is 7.04. The molecule has 0 radical (unpaired) electrons. The van der Waals surface area contributed by atoms with E-state index in [0.717, 1.165) is 6.54 Å². The lowest BCUT2D eigenvalue weighted by Crippen LogP contribution is -2.27. The fraction of sp³-hybridized carbons (Fsp3) is 0.636. The molecule has 1 aromatic rings. The zero-order chi connectivity index (χ0) is 8.89. The van der Waals surface area contributed by atoms with E-state index in [2.05, 4.69) is 6.07 Å². The summed E-state index contributed by atoms with van der Waals surface area (Å²) in [6, 6.07) is 2.10. The summed E-state index contributed by atoms with van der Waals surface area (Å²) in [6.45, 7) is 0.751. The highest BCUT2D eigenvalue weighted by atomic mass is 16.3. The quantitative estimate of drug-likeness (QED) is 0.713. The third-order valence-corrected chi connectivity index (χ3v) is 3.86. The molecule has 1 heterocycles. The van der Waals surface area contributed by atoms with Crippen molar-refractivity contribution in [2.24, 2.45) is 11.1 Å². The van der Waals surface area contributed by atoms with E-state index < -0.39 is 0 Å². The van der Waals surface area contributed by atoms with Crippen molar-refractivity contribution in [3.63, 3.8) is 0 Å². The van der Waals surface area contributed by atoms with Gasteiger partial charge < -0.3 is 10.2 Å². The van der Waals surface area contributed by atoms with Crippen molar-refractivity contribution in [2.45, 2.75) is 31.6 Å². The number of hydrogen-bond donors (Lipinski definition) is 1. The van der Waals surface area contributed by atoms with Gasteiger partial charge in [0.15, 0.2) is 0 Å². The van der Waals surface area contributed by atoms with E-state index in [1.54, 1.807) is 0 Å². The van der Waals surface area contributed by atoms with Gasteiger partial charge >= 0.3 is 0 Å². The van der Waals surface area contributed by atoms with Crippen LogP contribution >= 0.6 is 0 Å². The average Bonchev–Trinajstić information content (AvgIpc) is 2.76. The van der Waals surface area contributed by atoms with Crippen LogP contribution in [0.2, 0.25) is 0 Å².